The Morgan fingerprint density at radius 2 is 2.03 bits per heavy atom. The molecular formula is C16H17BrClN5O5S. The van der Waals surface area contributed by atoms with Crippen LogP contribution >= 0.6 is 28.3 Å². The number of benzene rings is 1. The molecule has 0 aliphatic rings. The minimum atomic E-state index is -4.39. The maximum absolute atomic E-state index is 10.8. The van der Waals surface area contributed by atoms with Crippen LogP contribution in [-0.4, -0.2) is 40.5 Å². The number of pyridine rings is 1. The fourth-order valence-electron chi connectivity index (χ4n) is 2.18. The fourth-order valence-corrected chi connectivity index (χ4v) is 3.26. The molecule has 10 nitrogen and oxygen atoms in total. The second kappa shape index (κ2) is 10.3. The number of hydrazone groups is 1. The average molecular weight is 507 g/mol. The summed E-state index contributed by atoms with van der Waals surface area (Å²) in [5.74, 6) is 0. The summed E-state index contributed by atoms with van der Waals surface area (Å²) in [6.07, 6.45) is 5.47. The molecule has 0 saturated heterocycles. The first-order chi connectivity index (χ1) is 13.1. The summed E-state index contributed by atoms with van der Waals surface area (Å²) in [6, 6.07) is 7.16. The number of aromatic nitrogens is 2. The summed E-state index contributed by atoms with van der Waals surface area (Å²) >= 11 is 3.41. The molecule has 1 aromatic carbocycles. The van der Waals surface area contributed by atoms with Crippen molar-refractivity contribution in [3.63, 3.8) is 0 Å². The highest BCUT2D eigenvalue weighted by molar-refractivity contribution is 9.10. The van der Waals surface area contributed by atoms with E-state index in [0.717, 1.165) is 21.9 Å². The van der Waals surface area contributed by atoms with E-state index >= 15 is 0 Å². The van der Waals surface area contributed by atoms with Crippen LogP contribution in [0.1, 0.15) is 11.3 Å². The molecule has 29 heavy (non-hydrogen) atoms. The van der Waals surface area contributed by atoms with Gasteiger partial charge < -0.3 is 5.43 Å². The number of halogens is 2. The molecule has 2 aromatic heterocycles. The van der Waals surface area contributed by atoms with Crippen LogP contribution < -0.4 is 5.43 Å². The number of nitrogens with zero attached hydrogens (tertiary/aromatic N) is 4. The first-order valence-electron chi connectivity index (χ1n) is 7.68. The largest absolute Gasteiger partial charge is 0.313 e. The third kappa shape index (κ3) is 6.49. The zero-order valence-corrected chi connectivity index (χ0v) is 18.4. The number of aryl methyl sites for hydroxylation is 1. The third-order valence-corrected chi connectivity index (χ3v) is 4.95. The lowest BCUT2D eigenvalue weighted by Crippen LogP contribution is -2.01. The summed E-state index contributed by atoms with van der Waals surface area (Å²) in [7, 11) is -2.63. The first-order valence-corrected chi connectivity index (χ1v) is 9.91. The maximum atomic E-state index is 10.8. The van der Waals surface area contributed by atoms with Gasteiger partial charge >= 0.3 is 0 Å². The summed E-state index contributed by atoms with van der Waals surface area (Å²) in [5.41, 5.74) is 4.44. The van der Waals surface area contributed by atoms with Gasteiger partial charge in [-0.25, -0.2) is 4.98 Å². The number of hydrogen-bond donors (Lipinski definition) is 2. The SMILES string of the molecule is CNN=Cc1cnc2ccc(Br)cn12.Cc1ccc([N+](=O)[O-])cc1S(=O)(=O)O.Cl. The highest BCUT2D eigenvalue weighted by Gasteiger charge is 2.17. The number of nitrogens with one attached hydrogen (secondary N) is 1. The normalized spacial score (nSPS) is 10.9. The lowest BCUT2D eigenvalue weighted by molar-refractivity contribution is -0.385. The van der Waals surface area contributed by atoms with Gasteiger partial charge in [-0.15, -0.1) is 12.4 Å². The number of fused-ring (bicyclic) bond motifs is 1. The predicted molar refractivity (Wildman–Crippen MR) is 114 cm³/mol. The summed E-state index contributed by atoms with van der Waals surface area (Å²) in [4.78, 5) is 13.4. The van der Waals surface area contributed by atoms with Crippen molar-refractivity contribution in [1.82, 2.24) is 14.8 Å². The molecule has 156 valence electrons. The second-order valence-corrected chi connectivity index (χ2v) is 7.73. The predicted octanol–water partition coefficient (Wildman–Crippen LogP) is 3.22. The number of hydrogen-bond acceptors (Lipinski definition) is 7. The van der Waals surface area contributed by atoms with Crippen molar-refractivity contribution in [1.29, 1.82) is 0 Å². The maximum Gasteiger partial charge on any atom is 0.295 e. The molecule has 0 fully saturated rings. The van der Waals surface area contributed by atoms with E-state index in [9.17, 15) is 18.5 Å². The van der Waals surface area contributed by atoms with Gasteiger partial charge in [-0.2, -0.15) is 13.5 Å². The Labute approximate surface area is 181 Å². The molecule has 0 aliphatic heterocycles. The van der Waals surface area contributed by atoms with Gasteiger partial charge in [0.1, 0.15) is 10.5 Å². The zero-order chi connectivity index (χ0) is 20.9. The standard InChI is InChI=1S/C9H9BrN4.C7H7NO5S.ClH/c1-11-13-5-8-4-12-9-3-2-7(10)6-14(8)9;1-5-2-3-6(8(9)10)4-7(5)14(11,12)13;/h2-6,11H,1H3;2-4H,1H3,(H,11,12,13);1H. The Morgan fingerprint density at radius 1 is 1.34 bits per heavy atom. The Balaban J connectivity index is 0.000000280. The van der Waals surface area contributed by atoms with Crippen LogP contribution in [0.2, 0.25) is 0 Å². The van der Waals surface area contributed by atoms with Crippen LogP contribution in [0.25, 0.3) is 5.65 Å². The van der Waals surface area contributed by atoms with Gasteiger partial charge in [-0.1, -0.05) is 6.07 Å². The average Bonchev–Trinajstić information content (AvgIpc) is 3.01. The molecule has 2 N–H and O–H groups in total. The molecule has 3 aromatic rings. The van der Waals surface area contributed by atoms with Crippen molar-refractivity contribution in [2.24, 2.45) is 5.10 Å². The number of imidazole rings is 1. The van der Waals surface area contributed by atoms with Gasteiger partial charge in [-0.05, 0) is 40.5 Å². The van der Waals surface area contributed by atoms with Gasteiger partial charge in [0, 0.05) is 29.8 Å². The number of nitro benzene ring substituents is 1. The highest BCUT2D eigenvalue weighted by Crippen LogP contribution is 2.21. The van der Waals surface area contributed by atoms with Crippen LogP contribution in [0, 0.1) is 17.0 Å². The van der Waals surface area contributed by atoms with E-state index in [1.165, 1.54) is 19.1 Å². The fraction of sp³-hybridized carbons (Fsp3) is 0.125. The number of non-ortho nitro benzene ring substituents is 1. The van der Waals surface area contributed by atoms with E-state index in [1.807, 2.05) is 22.7 Å². The van der Waals surface area contributed by atoms with E-state index in [2.05, 4.69) is 31.4 Å². The van der Waals surface area contributed by atoms with E-state index < -0.39 is 19.9 Å². The molecule has 0 amide bonds. The minimum absolute atomic E-state index is 0. The molecule has 0 saturated carbocycles. The lowest BCUT2D eigenvalue weighted by atomic mass is 10.2. The number of nitro groups is 1. The van der Waals surface area contributed by atoms with Crippen molar-refractivity contribution in [2.75, 3.05) is 7.05 Å². The summed E-state index contributed by atoms with van der Waals surface area (Å²) in [6.45, 7) is 1.44. The van der Waals surface area contributed by atoms with Crippen LogP contribution in [0.15, 0.2) is 57.2 Å². The molecule has 0 atom stereocenters. The minimum Gasteiger partial charge on any atom is -0.313 e. The van der Waals surface area contributed by atoms with Crippen LogP contribution in [0.5, 0.6) is 0 Å². The topological polar surface area (TPSA) is 139 Å². The molecule has 13 heteroatoms. The molecule has 3 rings (SSSR count). The molecule has 0 spiro atoms. The Bertz CT molecular complexity index is 1150. The van der Waals surface area contributed by atoms with E-state index in [-0.39, 0.29) is 23.7 Å². The van der Waals surface area contributed by atoms with Crippen LogP contribution in [0.4, 0.5) is 5.69 Å². The quantitative estimate of drug-likeness (QED) is 0.240. The van der Waals surface area contributed by atoms with Crippen LogP contribution in [0.3, 0.4) is 0 Å². The zero-order valence-electron chi connectivity index (χ0n) is 15.2. The Hall–Kier alpha value is -2.54. The second-order valence-electron chi connectivity index (χ2n) is 5.42. The molecule has 0 unspecified atom stereocenters. The monoisotopic (exact) mass is 505 g/mol. The highest BCUT2D eigenvalue weighted by atomic mass is 79.9. The van der Waals surface area contributed by atoms with Gasteiger partial charge in [0.25, 0.3) is 15.8 Å². The smallest absolute Gasteiger partial charge is 0.295 e. The molecule has 0 radical (unpaired) electrons. The van der Waals surface area contributed by atoms with Crippen molar-refractivity contribution in [3.8, 4) is 0 Å². The van der Waals surface area contributed by atoms with Crippen molar-refractivity contribution < 1.29 is 17.9 Å². The van der Waals surface area contributed by atoms with Crippen LogP contribution in [-0.2, 0) is 10.1 Å². The van der Waals surface area contributed by atoms with E-state index in [4.69, 9.17) is 4.55 Å². The first kappa shape index (κ1) is 24.5. The Morgan fingerprint density at radius 3 is 2.62 bits per heavy atom. The van der Waals surface area contributed by atoms with Crippen molar-refractivity contribution in [3.05, 3.63) is 68.6 Å². The number of rotatable bonds is 4. The lowest BCUT2D eigenvalue weighted by Gasteiger charge is -2.00. The van der Waals surface area contributed by atoms with Crippen molar-refractivity contribution >= 4 is 56.0 Å². The van der Waals surface area contributed by atoms with Gasteiger partial charge in [0.15, 0.2) is 0 Å². The van der Waals surface area contributed by atoms with Crippen molar-refractivity contribution in [2.45, 2.75) is 11.8 Å². The molecular weight excluding hydrogens is 490 g/mol. The van der Waals surface area contributed by atoms with Gasteiger partial charge in [0.05, 0.1) is 23.0 Å². The third-order valence-electron chi connectivity index (χ3n) is 3.48. The molecule has 0 aliphatic carbocycles. The molecule has 0 bridgehead atoms. The molecule has 2 heterocycles. The summed E-state index contributed by atoms with van der Waals surface area (Å²) < 4.78 is 33.2. The van der Waals surface area contributed by atoms with E-state index in [1.54, 1.807) is 19.5 Å². The summed E-state index contributed by atoms with van der Waals surface area (Å²) in [5, 5.41) is 14.3. The van der Waals surface area contributed by atoms with Gasteiger partial charge in [-0.3, -0.25) is 19.1 Å². The van der Waals surface area contributed by atoms with Gasteiger partial charge in [0.2, 0.25) is 0 Å². The van der Waals surface area contributed by atoms with E-state index in [0.29, 0.717) is 0 Å². The Kier molecular flexibility index (Phi) is 8.70.